The van der Waals surface area contributed by atoms with Crippen LogP contribution < -0.4 is 5.32 Å². The lowest BCUT2D eigenvalue weighted by atomic mass is 10.1. The van der Waals surface area contributed by atoms with Crippen molar-refractivity contribution in [2.45, 2.75) is 19.1 Å². The molecule has 2 aromatic heterocycles. The molecule has 1 amide bonds. The molecule has 2 heterocycles. The van der Waals surface area contributed by atoms with Crippen LogP contribution in [0.4, 0.5) is 0 Å². The van der Waals surface area contributed by atoms with Crippen molar-refractivity contribution in [1.82, 2.24) is 20.1 Å². The van der Waals surface area contributed by atoms with E-state index in [1.54, 1.807) is 41.3 Å². The topological polar surface area (TPSA) is 106 Å². The second kappa shape index (κ2) is 9.69. The molecule has 2 atom stereocenters. The van der Waals surface area contributed by atoms with Gasteiger partial charge in [-0.2, -0.15) is 5.10 Å². The highest BCUT2D eigenvalue weighted by atomic mass is 16.5. The van der Waals surface area contributed by atoms with Crippen LogP contribution in [0.15, 0.2) is 54.9 Å². The standard InChI is InChI=1S/C23H22N4O4/c1-15(28)21(23(30)31-3)26-22(29)18-9-6-16(7-10-18)4-5-17-8-11-19(24-14-17)20-12-13-25-27(20)2/h6-15,21,28H,1-3H3,(H,26,29)/t15-,21+/m1/s1. The number of nitrogens with zero attached hydrogens (tertiary/aromatic N) is 3. The Balaban J connectivity index is 1.67. The van der Waals surface area contributed by atoms with Gasteiger partial charge in [-0.25, -0.2) is 4.79 Å². The van der Waals surface area contributed by atoms with Gasteiger partial charge in [-0.05, 0) is 49.4 Å². The SMILES string of the molecule is COC(=O)[C@@H](NC(=O)c1ccc(C#Cc2ccc(-c3ccnn3C)nc2)cc1)[C@@H](C)O. The van der Waals surface area contributed by atoms with E-state index in [0.717, 1.165) is 17.0 Å². The van der Waals surface area contributed by atoms with E-state index >= 15 is 0 Å². The van der Waals surface area contributed by atoms with E-state index in [2.05, 4.69) is 32.0 Å². The molecule has 0 spiro atoms. The minimum atomic E-state index is -1.14. The molecule has 2 N–H and O–H groups in total. The summed E-state index contributed by atoms with van der Waals surface area (Å²) in [5.74, 6) is 4.85. The fourth-order valence-electron chi connectivity index (χ4n) is 2.82. The lowest BCUT2D eigenvalue weighted by Crippen LogP contribution is -2.48. The third-order valence-electron chi connectivity index (χ3n) is 4.57. The Morgan fingerprint density at radius 2 is 1.77 bits per heavy atom. The molecule has 0 saturated carbocycles. The van der Waals surface area contributed by atoms with Gasteiger partial charge in [0.15, 0.2) is 6.04 Å². The van der Waals surface area contributed by atoms with Crippen LogP contribution >= 0.6 is 0 Å². The number of rotatable bonds is 5. The number of ether oxygens (including phenoxy) is 1. The molecule has 8 heteroatoms. The number of methoxy groups -OCH3 is 1. The monoisotopic (exact) mass is 418 g/mol. The summed E-state index contributed by atoms with van der Waals surface area (Å²) in [7, 11) is 3.05. The van der Waals surface area contributed by atoms with Crippen molar-refractivity contribution in [3.05, 3.63) is 71.5 Å². The van der Waals surface area contributed by atoms with Crippen LogP contribution in [-0.4, -0.2) is 51.0 Å². The molecule has 0 aliphatic carbocycles. The first-order chi connectivity index (χ1) is 14.9. The van der Waals surface area contributed by atoms with Gasteiger partial charge in [0.1, 0.15) is 0 Å². The van der Waals surface area contributed by atoms with Gasteiger partial charge in [0, 0.05) is 36.1 Å². The largest absolute Gasteiger partial charge is 0.467 e. The zero-order valence-corrected chi connectivity index (χ0v) is 17.4. The number of hydrogen-bond donors (Lipinski definition) is 2. The zero-order chi connectivity index (χ0) is 22.4. The number of aromatic nitrogens is 3. The summed E-state index contributed by atoms with van der Waals surface area (Å²) in [6.45, 7) is 1.40. The molecule has 8 nitrogen and oxygen atoms in total. The van der Waals surface area contributed by atoms with Crippen molar-refractivity contribution in [2.24, 2.45) is 7.05 Å². The van der Waals surface area contributed by atoms with Crippen LogP contribution in [-0.2, 0) is 16.6 Å². The quantitative estimate of drug-likeness (QED) is 0.481. The van der Waals surface area contributed by atoms with Crippen molar-refractivity contribution in [1.29, 1.82) is 0 Å². The van der Waals surface area contributed by atoms with E-state index < -0.39 is 24.0 Å². The molecule has 0 saturated heterocycles. The van der Waals surface area contributed by atoms with E-state index in [-0.39, 0.29) is 0 Å². The van der Waals surface area contributed by atoms with Gasteiger partial charge in [0.05, 0.1) is 24.6 Å². The first kappa shape index (κ1) is 21.7. The number of benzene rings is 1. The van der Waals surface area contributed by atoms with Crippen molar-refractivity contribution < 1.29 is 19.4 Å². The molecule has 3 aromatic rings. The van der Waals surface area contributed by atoms with Gasteiger partial charge < -0.3 is 15.2 Å². The summed E-state index contributed by atoms with van der Waals surface area (Å²) in [5.41, 5.74) is 3.53. The van der Waals surface area contributed by atoms with Crippen LogP contribution in [0.3, 0.4) is 0 Å². The van der Waals surface area contributed by atoms with Crippen LogP contribution in [0.25, 0.3) is 11.4 Å². The molecular weight excluding hydrogens is 396 g/mol. The van der Waals surface area contributed by atoms with Gasteiger partial charge in [-0.15, -0.1) is 0 Å². The molecule has 0 radical (unpaired) electrons. The van der Waals surface area contributed by atoms with Crippen molar-refractivity contribution in [3.63, 3.8) is 0 Å². The highest BCUT2D eigenvalue weighted by Crippen LogP contribution is 2.15. The fraction of sp³-hybridized carbons (Fsp3) is 0.217. The minimum absolute atomic E-state index is 0.335. The maximum Gasteiger partial charge on any atom is 0.331 e. The number of amides is 1. The number of esters is 1. The second-order valence-corrected chi connectivity index (χ2v) is 6.81. The Morgan fingerprint density at radius 1 is 1.10 bits per heavy atom. The van der Waals surface area contributed by atoms with Gasteiger partial charge >= 0.3 is 5.97 Å². The number of aryl methyl sites for hydroxylation is 1. The molecule has 0 bridgehead atoms. The molecule has 158 valence electrons. The van der Waals surface area contributed by atoms with Crippen LogP contribution in [0, 0.1) is 11.8 Å². The van der Waals surface area contributed by atoms with Crippen LogP contribution in [0.2, 0.25) is 0 Å². The van der Waals surface area contributed by atoms with Gasteiger partial charge in [-0.1, -0.05) is 11.8 Å². The van der Waals surface area contributed by atoms with Crippen molar-refractivity contribution >= 4 is 11.9 Å². The van der Waals surface area contributed by atoms with E-state index in [0.29, 0.717) is 11.1 Å². The fourth-order valence-corrected chi connectivity index (χ4v) is 2.82. The summed E-state index contributed by atoms with van der Waals surface area (Å²) in [5, 5.41) is 16.3. The molecule has 0 unspecified atom stereocenters. The number of pyridine rings is 1. The van der Waals surface area contributed by atoms with Gasteiger partial charge in [0.25, 0.3) is 5.91 Å². The average molecular weight is 418 g/mol. The average Bonchev–Trinajstić information content (AvgIpc) is 3.21. The van der Waals surface area contributed by atoms with Gasteiger partial charge in [0.2, 0.25) is 0 Å². The third kappa shape index (κ3) is 5.35. The van der Waals surface area contributed by atoms with E-state index in [1.165, 1.54) is 14.0 Å². The molecule has 0 aliphatic rings. The van der Waals surface area contributed by atoms with Crippen molar-refractivity contribution in [2.75, 3.05) is 7.11 Å². The number of carbonyl (C=O) groups is 2. The maximum atomic E-state index is 12.3. The normalized spacial score (nSPS) is 12.3. The Hall–Kier alpha value is -3.96. The Bertz CT molecular complexity index is 1120. The highest BCUT2D eigenvalue weighted by molar-refractivity contribution is 5.97. The predicted molar refractivity (Wildman–Crippen MR) is 114 cm³/mol. The van der Waals surface area contributed by atoms with Crippen LogP contribution in [0.5, 0.6) is 0 Å². The number of nitrogens with one attached hydrogen (secondary N) is 1. The second-order valence-electron chi connectivity index (χ2n) is 6.81. The number of carbonyl (C=O) groups excluding carboxylic acids is 2. The molecule has 0 fully saturated rings. The summed E-state index contributed by atoms with van der Waals surface area (Å²) in [6.07, 6.45) is 2.33. The summed E-state index contributed by atoms with van der Waals surface area (Å²) in [4.78, 5) is 28.4. The molecule has 1 aromatic carbocycles. The molecule has 3 rings (SSSR count). The Morgan fingerprint density at radius 3 is 2.32 bits per heavy atom. The van der Waals surface area contributed by atoms with Crippen LogP contribution in [0.1, 0.15) is 28.4 Å². The predicted octanol–water partition coefficient (Wildman–Crippen LogP) is 1.53. The number of aliphatic hydroxyl groups is 1. The van der Waals surface area contributed by atoms with E-state index in [4.69, 9.17) is 0 Å². The summed E-state index contributed by atoms with van der Waals surface area (Å²) < 4.78 is 6.35. The number of hydrogen-bond acceptors (Lipinski definition) is 6. The molecular formula is C23H22N4O4. The van der Waals surface area contributed by atoms with E-state index in [1.807, 2.05) is 25.2 Å². The minimum Gasteiger partial charge on any atom is -0.467 e. The molecule has 0 aliphatic heterocycles. The third-order valence-corrected chi connectivity index (χ3v) is 4.57. The Labute approximate surface area is 179 Å². The molecule has 31 heavy (non-hydrogen) atoms. The van der Waals surface area contributed by atoms with E-state index in [9.17, 15) is 14.7 Å². The Kier molecular flexibility index (Phi) is 6.80. The first-order valence-corrected chi connectivity index (χ1v) is 9.52. The lowest BCUT2D eigenvalue weighted by molar-refractivity contribution is -0.145. The maximum absolute atomic E-state index is 12.3. The van der Waals surface area contributed by atoms with Crippen molar-refractivity contribution in [3.8, 4) is 23.2 Å². The highest BCUT2D eigenvalue weighted by Gasteiger charge is 2.26. The lowest BCUT2D eigenvalue weighted by Gasteiger charge is -2.18. The summed E-state index contributed by atoms with van der Waals surface area (Å²) >= 11 is 0. The van der Waals surface area contributed by atoms with Gasteiger partial charge in [-0.3, -0.25) is 14.5 Å². The summed E-state index contributed by atoms with van der Waals surface area (Å²) in [6, 6.07) is 11.1. The zero-order valence-electron chi connectivity index (χ0n) is 17.4. The first-order valence-electron chi connectivity index (χ1n) is 9.52. The smallest absolute Gasteiger partial charge is 0.331 e. The number of aliphatic hydroxyl groups excluding tert-OH is 1.